The lowest BCUT2D eigenvalue weighted by Crippen LogP contribution is -2.06. The van der Waals surface area contributed by atoms with E-state index in [9.17, 15) is 0 Å². The van der Waals surface area contributed by atoms with E-state index in [0.29, 0.717) is 11.7 Å². The first-order valence-electron chi connectivity index (χ1n) is 6.40. The molecular weight excluding hydrogens is 262 g/mol. The van der Waals surface area contributed by atoms with Gasteiger partial charge >= 0.3 is 0 Å². The quantitative estimate of drug-likeness (QED) is 0.855. The van der Waals surface area contributed by atoms with Gasteiger partial charge in [0.25, 0.3) is 0 Å². The molecule has 0 aromatic carbocycles. The number of hydrogen-bond acceptors (Lipinski definition) is 4. The monoisotopic (exact) mass is 279 g/mol. The third kappa shape index (κ3) is 3.04. The Balaban J connectivity index is 2.16. The minimum Gasteiger partial charge on any atom is -0.365 e. The van der Waals surface area contributed by atoms with Crippen molar-refractivity contribution in [2.24, 2.45) is 7.05 Å². The molecule has 0 aliphatic carbocycles. The van der Waals surface area contributed by atoms with Crippen molar-refractivity contribution in [2.75, 3.05) is 5.32 Å². The number of nitrogens with one attached hydrogen (secondary N) is 1. The summed E-state index contributed by atoms with van der Waals surface area (Å²) in [5, 5.41) is 8.26. The molecule has 0 aliphatic heterocycles. The summed E-state index contributed by atoms with van der Waals surface area (Å²) in [4.78, 5) is 8.26. The Morgan fingerprint density at radius 3 is 2.74 bits per heavy atom. The Hall–Kier alpha value is -1.62. The summed E-state index contributed by atoms with van der Waals surface area (Å²) < 4.78 is 1.84. The van der Waals surface area contributed by atoms with Crippen LogP contribution < -0.4 is 5.32 Å². The number of rotatable bonds is 5. The van der Waals surface area contributed by atoms with Crippen LogP contribution >= 0.6 is 11.6 Å². The van der Waals surface area contributed by atoms with E-state index in [1.54, 1.807) is 0 Å². The molecule has 0 bridgehead atoms. The van der Waals surface area contributed by atoms with Gasteiger partial charge in [0.05, 0.1) is 5.69 Å². The highest BCUT2D eigenvalue weighted by atomic mass is 35.5. The summed E-state index contributed by atoms with van der Waals surface area (Å²) in [6.07, 6.45) is 5.23. The predicted molar refractivity (Wildman–Crippen MR) is 76.3 cm³/mol. The fraction of sp³-hybridized carbons (Fsp3) is 0.462. The molecule has 0 fully saturated rings. The molecule has 0 radical (unpaired) electrons. The van der Waals surface area contributed by atoms with Crippen LogP contribution in [0.25, 0.3) is 0 Å². The minimum atomic E-state index is 0.516. The lowest BCUT2D eigenvalue weighted by Gasteiger charge is -2.10. The van der Waals surface area contributed by atoms with Crippen LogP contribution in [-0.4, -0.2) is 19.7 Å². The largest absolute Gasteiger partial charge is 0.365 e. The predicted octanol–water partition coefficient (Wildman–Crippen LogP) is 2.60. The first-order chi connectivity index (χ1) is 9.15. The fourth-order valence-electron chi connectivity index (χ4n) is 2.06. The maximum Gasteiger partial charge on any atom is 0.137 e. The third-order valence-electron chi connectivity index (χ3n) is 3.02. The Morgan fingerprint density at radius 1 is 1.26 bits per heavy atom. The number of aromatic nitrogens is 4. The summed E-state index contributed by atoms with van der Waals surface area (Å²) in [6.45, 7) is 4.83. The van der Waals surface area contributed by atoms with Crippen molar-refractivity contribution in [3.8, 4) is 0 Å². The molecule has 0 unspecified atom stereocenters. The molecule has 0 amide bonds. The van der Waals surface area contributed by atoms with Crippen LogP contribution in [0.1, 0.15) is 30.7 Å². The molecule has 2 aromatic heterocycles. The van der Waals surface area contributed by atoms with Crippen molar-refractivity contribution in [3.05, 3.63) is 34.5 Å². The first-order valence-corrected chi connectivity index (χ1v) is 6.78. The standard InChI is InChI=1S/C13H18ClN5/c1-4-10-12(14)16-8-17-13(10)15-6-9-7-19(3)18-11(9)5-2/h7-8H,4-6H2,1-3H3,(H,15,16,17). The number of anilines is 1. The molecule has 0 aliphatic rings. The van der Waals surface area contributed by atoms with E-state index in [-0.39, 0.29) is 0 Å². The van der Waals surface area contributed by atoms with Crippen molar-refractivity contribution >= 4 is 17.4 Å². The van der Waals surface area contributed by atoms with E-state index < -0.39 is 0 Å². The molecule has 1 N–H and O–H groups in total. The zero-order valence-corrected chi connectivity index (χ0v) is 12.2. The number of nitrogens with zero attached hydrogens (tertiary/aromatic N) is 4. The van der Waals surface area contributed by atoms with Gasteiger partial charge in [-0.3, -0.25) is 4.68 Å². The van der Waals surface area contributed by atoms with Crippen LogP contribution in [-0.2, 0) is 26.4 Å². The third-order valence-corrected chi connectivity index (χ3v) is 3.35. The Morgan fingerprint density at radius 2 is 2.05 bits per heavy atom. The van der Waals surface area contributed by atoms with Crippen LogP contribution in [0.5, 0.6) is 0 Å². The summed E-state index contributed by atoms with van der Waals surface area (Å²) in [7, 11) is 1.93. The van der Waals surface area contributed by atoms with Gasteiger partial charge in [-0.15, -0.1) is 0 Å². The van der Waals surface area contributed by atoms with Crippen molar-refractivity contribution in [2.45, 2.75) is 33.2 Å². The van der Waals surface area contributed by atoms with Gasteiger partial charge in [0.1, 0.15) is 17.3 Å². The lowest BCUT2D eigenvalue weighted by molar-refractivity contribution is 0.746. The Labute approximate surface area is 118 Å². The van der Waals surface area contributed by atoms with Crippen LogP contribution in [0, 0.1) is 0 Å². The smallest absolute Gasteiger partial charge is 0.137 e. The zero-order valence-electron chi connectivity index (χ0n) is 11.4. The molecule has 0 atom stereocenters. The molecule has 2 rings (SSSR count). The summed E-state index contributed by atoms with van der Waals surface area (Å²) in [5.74, 6) is 0.799. The number of hydrogen-bond donors (Lipinski definition) is 1. The number of aryl methyl sites for hydroxylation is 2. The topological polar surface area (TPSA) is 55.6 Å². The maximum absolute atomic E-state index is 6.07. The molecular formula is C13H18ClN5. The average molecular weight is 280 g/mol. The van der Waals surface area contributed by atoms with Gasteiger partial charge in [-0.05, 0) is 12.8 Å². The second kappa shape index (κ2) is 6.02. The van der Waals surface area contributed by atoms with Gasteiger partial charge in [-0.2, -0.15) is 5.10 Å². The highest BCUT2D eigenvalue weighted by molar-refractivity contribution is 6.30. The van der Waals surface area contributed by atoms with Crippen LogP contribution in [0.3, 0.4) is 0 Å². The molecule has 19 heavy (non-hydrogen) atoms. The highest BCUT2D eigenvalue weighted by Crippen LogP contribution is 2.21. The van der Waals surface area contributed by atoms with Crippen LogP contribution in [0.4, 0.5) is 5.82 Å². The van der Waals surface area contributed by atoms with Crippen molar-refractivity contribution in [1.29, 1.82) is 0 Å². The Bertz CT molecular complexity index is 564. The van der Waals surface area contributed by atoms with Gasteiger partial charge in [-0.25, -0.2) is 9.97 Å². The highest BCUT2D eigenvalue weighted by Gasteiger charge is 2.10. The lowest BCUT2D eigenvalue weighted by atomic mass is 10.2. The molecule has 102 valence electrons. The van der Waals surface area contributed by atoms with Crippen LogP contribution in [0.15, 0.2) is 12.5 Å². The van der Waals surface area contributed by atoms with Gasteiger partial charge in [0.2, 0.25) is 0 Å². The van der Waals surface area contributed by atoms with E-state index in [1.807, 2.05) is 24.9 Å². The van der Waals surface area contributed by atoms with E-state index in [2.05, 4.69) is 27.3 Å². The van der Waals surface area contributed by atoms with E-state index >= 15 is 0 Å². The normalized spacial score (nSPS) is 10.7. The molecule has 0 saturated carbocycles. The van der Waals surface area contributed by atoms with E-state index in [4.69, 9.17) is 11.6 Å². The first kappa shape index (κ1) is 13.8. The molecule has 0 spiro atoms. The van der Waals surface area contributed by atoms with Crippen molar-refractivity contribution in [1.82, 2.24) is 19.7 Å². The van der Waals surface area contributed by atoms with Crippen LogP contribution in [0.2, 0.25) is 5.15 Å². The molecule has 6 heteroatoms. The van der Waals surface area contributed by atoms with Crippen molar-refractivity contribution in [3.63, 3.8) is 0 Å². The average Bonchev–Trinajstić information content (AvgIpc) is 2.76. The van der Waals surface area contributed by atoms with E-state index in [1.165, 1.54) is 11.9 Å². The summed E-state index contributed by atoms with van der Waals surface area (Å²) in [6, 6.07) is 0. The minimum absolute atomic E-state index is 0.516. The molecule has 0 saturated heterocycles. The van der Waals surface area contributed by atoms with Gasteiger partial charge in [-0.1, -0.05) is 25.4 Å². The second-order valence-corrected chi connectivity index (χ2v) is 4.69. The van der Waals surface area contributed by atoms with E-state index in [0.717, 1.165) is 29.9 Å². The Kier molecular flexibility index (Phi) is 4.37. The van der Waals surface area contributed by atoms with Gasteiger partial charge < -0.3 is 5.32 Å². The fourth-order valence-corrected chi connectivity index (χ4v) is 2.33. The maximum atomic E-state index is 6.07. The molecule has 2 aromatic rings. The zero-order chi connectivity index (χ0) is 13.8. The van der Waals surface area contributed by atoms with Gasteiger partial charge in [0, 0.05) is 30.9 Å². The SMILES string of the molecule is CCc1nn(C)cc1CNc1ncnc(Cl)c1CC. The second-order valence-electron chi connectivity index (χ2n) is 4.33. The summed E-state index contributed by atoms with van der Waals surface area (Å²) >= 11 is 6.07. The molecule has 2 heterocycles. The molecule has 5 nitrogen and oxygen atoms in total. The number of halogens is 1. The van der Waals surface area contributed by atoms with Crippen molar-refractivity contribution < 1.29 is 0 Å². The summed E-state index contributed by atoms with van der Waals surface area (Å²) in [5.41, 5.74) is 3.24. The van der Waals surface area contributed by atoms with Gasteiger partial charge in [0.15, 0.2) is 0 Å².